The molecule has 2 aliphatic heterocycles. The van der Waals surface area contributed by atoms with E-state index in [1.54, 1.807) is 5.56 Å². The number of rotatable bonds is 3. The molecule has 3 heterocycles. The molecule has 0 bridgehead atoms. The molecular formula is C16H25N3. The zero-order chi connectivity index (χ0) is 13.4. The van der Waals surface area contributed by atoms with E-state index < -0.39 is 0 Å². The first kappa shape index (κ1) is 13.1. The van der Waals surface area contributed by atoms with Gasteiger partial charge in [-0.2, -0.15) is 0 Å². The van der Waals surface area contributed by atoms with Gasteiger partial charge in [0.25, 0.3) is 0 Å². The number of pyridine rings is 1. The van der Waals surface area contributed by atoms with Crippen LogP contribution < -0.4 is 0 Å². The normalized spacial score (nSPS) is 26.5. The van der Waals surface area contributed by atoms with Crippen molar-refractivity contribution in [1.29, 1.82) is 0 Å². The Morgan fingerprint density at radius 1 is 1.37 bits per heavy atom. The molecule has 0 unspecified atom stereocenters. The van der Waals surface area contributed by atoms with Gasteiger partial charge in [-0.1, -0.05) is 0 Å². The fourth-order valence-corrected chi connectivity index (χ4v) is 3.82. The van der Waals surface area contributed by atoms with E-state index in [1.165, 1.54) is 43.6 Å². The smallest absolute Gasteiger partial charge is 0.0466 e. The Morgan fingerprint density at radius 2 is 2.21 bits per heavy atom. The highest BCUT2D eigenvalue weighted by Gasteiger charge is 2.38. The molecular weight excluding hydrogens is 234 g/mol. The van der Waals surface area contributed by atoms with Gasteiger partial charge in [0.15, 0.2) is 0 Å². The molecule has 0 amide bonds. The Balaban J connectivity index is 1.79. The molecule has 3 nitrogen and oxygen atoms in total. The molecule has 0 N–H and O–H groups in total. The minimum absolute atomic E-state index is 0.643. The minimum atomic E-state index is 0.643. The summed E-state index contributed by atoms with van der Waals surface area (Å²) in [6.45, 7) is 4.65. The highest BCUT2D eigenvalue weighted by atomic mass is 15.2. The van der Waals surface area contributed by atoms with Crippen LogP contribution in [0.1, 0.15) is 42.1 Å². The molecule has 0 aliphatic carbocycles. The summed E-state index contributed by atoms with van der Waals surface area (Å²) in [5.41, 5.74) is 4.34. The summed E-state index contributed by atoms with van der Waals surface area (Å²) in [6, 6.07) is 3.60. The van der Waals surface area contributed by atoms with Crippen LogP contribution >= 0.6 is 0 Å². The summed E-state index contributed by atoms with van der Waals surface area (Å²) in [5, 5.41) is 0. The second kappa shape index (κ2) is 5.22. The molecule has 3 rings (SSSR count). The molecule has 0 saturated carbocycles. The molecule has 104 valence electrons. The molecule has 1 saturated heterocycles. The molecule has 1 aromatic rings. The first-order valence-corrected chi connectivity index (χ1v) is 7.51. The lowest BCUT2D eigenvalue weighted by Crippen LogP contribution is -2.39. The van der Waals surface area contributed by atoms with E-state index in [0.717, 1.165) is 12.5 Å². The summed E-state index contributed by atoms with van der Waals surface area (Å²) in [7, 11) is 4.35. The van der Waals surface area contributed by atoms with Crippen LogP contribution in [-0.2, 0) is 6.42 Å². The van der Waals surface area contributed by atoms with Crippen LogP contribution in [0.4, 0.5) is 0 Å². The quantitative estimate of drug-likeness (QED) is 0.831. The van der Waals surface area contributed by atoms with Crippen LogP contribution in [0.5, 0.6) is 0 Å². The van der Waals surface area contributed by atoms with E-state index in [9.17, 15) is 0 Å². The topological polar surface area (TPSA) is 19.4 Å². The lowest BCUT2D eigenvalue weighted by atomic mass is 9.93. The molecule has 1 fully saturated rings. The van der Waals surface area contributed by atoms with Crippen molar-refractivity contribution in [2.45, 2.75) is 44.7 Å². The lowest BCUT2D eigenvalue weighted by molar-refractivity contribution is 0.165. The first-order valence-electron chi connectivity index (χ1n) is 7.51. The predicted octanol–water partition coefficient (Wildman–Crippen LogP) is 2.40. The van der Waals surface area contributed by atoms with Crippen molar-refractivity contribution in [3.05, 3.63) is 29.1 Å². The van der Waals surface area contributed by atoms with Crippen LogP contribution in [0.15, 0.2) is 12.3 Å². The van der Waals surface area contributed by atoms with E-state index in [1.807, 2.05) is 6.20 Å². The van der Waals surface area contributed by atoms with Crippen LogP contribution in [0.3, 0.4) is 0 Å². The van der Waals surface area contributed by atoms with Crippen LogP contribution in [0.2, 0.25) is 0 Å². The Kier molecular flexibility index (Phi) is 3.59. The van der Waals surface area contributed by atoms with Crippen molar-refractivity contribution in [2.75, 3.05) is 27.2 Å². The Labute approximate surface area is 116 Å². The van der Waals surface area contributed by atoms with Crippen molar-refractivity contribution in [3.8, 4) is 0 Å². The first-order chi connectivity index (χ1) is 9.16. The van der Waals surface area contributed by atoms with Gasteiger partial charge in [0.05, 0.1) is 0 Å². The van der Waals surface area contributed by atoms with Crippen LogP contribution in [0, 0.1) is 6.92 Å². The van der Waals surface area contributed by atoms with Crippen LogP contribution in [0.25, 0.3) is 0 Å². The molecule has 0 aromatic carbocycles. The van der Waals surface area contributed by atoms with Gasteiger partial charge in [-0.3, -0.25) is 9.88 Å². The van der Waals surface area contributed by atoms with Gasteiger partial charge in [0.1, 0.15) is 0 Å². The maximum Gasteiger partial charge on any atom is 0.0466 e. The van der Waals surface area contributed by atoms with Crippen LogP contribution in [-0.4, -0.2) is 48.0 Å². The lowest BCUT2D eigenvalue weighted by Gasteiger charge is -2.36. The molecule has 2 atom stereocenters. The Hall–Kier alpha value is -0.930. The number of hydrogen-bond acceptors (Lipinski definition) is 3. The van der Waals surface area contributed by atoms with Crippen molar-refractivity contribution >= 4 is 0 Å². The predicted molar refractivity (Wildman–Crippen MR) is 78.3 cm³/mol. The third-order valence-corrected chi connectivity index (χ3v) is 4.78. The van der Waals surface area contributed by atoms with Crippen molar-refractivity contribution in [1.82, 2.24) is 14.8 Å². The van der Waals surface area contributed by atoms with Gasteiger partial charge in [-0.15, -0.1) is 0 Å². The Bertz CT molecular complexity index is 455. The molecule has 1 aromatic heterocycles. The van der Waals surface area contributed by atoms with E-state index >= 15 is 0 Å². The van der Waals surface area contributed by atoms with Gasteiger partial charge < -0.3 is 4.90 Å². The second-order valence-electron chi connectivity index (χ2n) is 6.31. The molecule has 3 heteroatoms. The number of aromatic nitrogens is 1. The highest BCUT2D eigenvalue weighted by molar-refractivity contribution is 5.35. The summed E-state index contributed by atoms with van der Waals surface area (Å²) in [4.78, 5) is 9.66. The van der Waals surface area contributed by atoms with E-state index in [-0.39, 0.29) is 0 Å². The average Bonchev–Trinajstić information content (AvgIpc) is 2.79. The van der Waals surface area contributed by atoms with E-state index in [2.05, 4.69) is 41.9 Å². The summed E-state index contributed by atoms with van der Waals surface area (Å²) in [5.74, 6) is 0. The van der Waals surface area contributed by atoms with Gasteiger partial charge in [-0.25, -0.2) is 0 Å². The van der Waals surface area contributed by atoms with E-state index in [0.29, 0.717) is 6.04 Å². The van der Waals surface area contributed by atoms with Gasteiger partial charge in [0.2, 0.25) is 0 Å². The number of fused-ring (bicyclic) bond motifs is 3. The zero-order valence-electron chi connectivity index (χ0n) is 12.4. The average molecular weight is 259 g/mol. The number of aryl methyl sites for hydroxylation is 1. The SMILES string of the molecule is Cc1ccnc2c1[C@H]1CC[C@H](CCN(C)C)N1CC2. The summed E-state index contributed by atoms with van der Waals surface area (Å²) in [6.07, 6.45) is 7.08. The maximum atomic E-state index is 4.60. The van der Waals surface area contributed by atoms with Gasteiger partial charge in [0, 0.05) is 36.9 Å². The van der Waals surface area contributed by atoms with Gasteiger partial charge in [-0.05, 0) is 64.0 Å². The van der Waals surface area contributed by atoms with Gasteiger partial charge >= 0.3 is 0 Å². The molecule has 0 radical (unpaired) electrons. The van der Waals surface area contributed by atoms with Crippen molar-refractivity contribution < 1.29 is 0 Å². The zero-order valence-corrected chi connectivity index (χ0v) is 12.4. The largest absolute Gasteiger partial charge is 0.309 e. The number of nitrogens with zero attached hydrogens (tertiary/aromatic N) is 3. The maximum absolute atomic E-state index is 4.60. The molecule has 19 heavy (non-hydrogen) atoms. The Morgan fingerprint density at radius 3 is 3.00 bits per heavy atom. The minimum Gasteiger partial charge on any atom is -0.309 e. The fraction of sp³-hybridized carbons (Fsp3) is 0.688. The number of hydrogen-bond donors (Lipinski definition) is 0. The molecule has 2 aliphatic rings. The third kappa shape index (κ3) is 2.41. The monoisotopic (exact) mass is 259 g/mol. The standard InChI is InChI=1S/C16H25N3/c1-12-6-9-17-14-8-11-19-13(7-10-18(2)3)4-5-15(19)16(12)14/h6,9,13,15H,4-5,7-8,10-11H2,1-3H3/t13-,15-/m1/s1. The second-order valence-corrected chi connectivity index (χ2v) is 6.31. The third-order valence-electron chi connectivity index (χ3n) is 4.78. The summed E-state index contributed by atoms with van der Waals surface area (Å²) >= 11 is 0. The fourth-order valence-electron chi connectivity index (χ4n) is 3.82. The van der Waals surface area contributed by atoms with Crippen molar-refractivity contribution in [3.63, 3.8) is 0 Å². The van der Waals surface area contributed by atoms with Crippen molar-refractivity contribution in [2.24, 2.45) is 0 Å². The highest BCUT2D eigenvalue weighted by Crippen LogP contribution is 2.42. The summed E-state index contributed by atoms with van der Waals surface area (Å²) < 4.78 is 0. The van der Waals surface area contributed by atoms with E-state index in [4.69, 9.17) is 0 Å². The molecule has 0 spiro atoms.